The highest BCUT2D eigenvalue weighted by atomic mass is 16.5. The van der Waals surface area contributed by atoms with Crippen molar-refractivity contribution in [1.82, 2.24) is 14.5 Å². The maximum Gasteiger partial charge on any atom is 0.326 e. The van der Waals surface area contributed by atoms with E-state index in [-0.39, 0.29) is 23.7 Å². The summed E-state index contributed by atoms with van der Waals surface area (Å²) in [6.45, 7) is 4.37. The van der Waals surface area contributed by atoms with Crippen LogP contribution >= 0.6 is 0 Å². The monoisotopic (exact) mass is 373 g/mol. The average molecular weight is 373 g/mol. The molecule has 0 aliphatic carbocycles. The van der Waals surface area contributed by atoms with Crippen LogP contribution in [0.25, 0.3) is 11.0 Å². The first-order chi connectivity index (χ1) is 13.1. The van der Waals surface area contributed by atoms with Crippen molar-refractivity contribution < 1.29 is 14.3 Å². The first kappa shape index (κ1) is 18.3. The minimum atomic E-state index is -0.457. The fourth-order valence-electron chi connectivity index (χ4n) is 4.14. The van der Waals surface area contributed by atoms with E-state index in [1.807, 2.05) is 40.7 Å². The number of piperidine rings is 1. The summed E-state index contributed by atoms with van der Waals surface area (Å²) >= 11 is 0. The van der Waals surface area contributed by atoms with Crippen LogP contribution in [0.3, 0.4) is 0 Å². The van der Waals surface area contributed by atoms with Gasteiger partial charge >= 0.3 is 5.69 Å². The van der Waals surface area contributed by atoms with Crippen LogP contribution in [0.5, 0.6) is 0 Å². The topological polar surface area (TPSA) is 76.6 Å². The molecule has 1 N–H and O–H groups in total. The molecule has 0 saturated carbocycles. The van der Waals surface area contributed by atoms with Gasteiger partial charge in [-0.05, 0) is 44.7 Å². The van der Waals surface area contributed by atoms with Crippen molar-refractivity contribution in [2.75, 3.05) is 26.3 Å². The van der Waals surface area contributed by atoms with E-state index in [4.69, 9.17) is 9.47 Å². The van der Waals surface area contributed by atoms with Crippen LogP contribution in [-0.2, 0) is 14.3 Å². The molecule has 2 aromatic rings. The zero-order chi connectivity index (χ0) is 18.8. The first-order valence-corrected chi connectivity index (χ1v) is 9.84. The number of ether oxygens (including phenoxy) is 2. The Morgan fingerprint density at radius 1 is 1.30 bits per heavy atom. The maximum absolute atomic E-state index is 12.7. The first-order valence-electron chi connectivity index (χ1n) is 9.84. The highest BCUT2D eigenvalue weighted by molar-refractivity contribution is 5.80. The molecule has 2 aliphatic heterocycles. The zero-order valence-electron chi connectivity index (χ0n) is 15.7. The van der Waals surface area contributed by atoms with Gasteiger partial charge in [-0.25, -0.2) is 4.79 Å². The van der Waals surface area contributed by atoms with E-state index in [9.17, 15) is 9.59 Å². The molecule has 2 atom stereocenters. The number of carbonyl (C=O) groups is 1. The van der Waals surface area contributed by atoms with E-state index in [1.54, 1.807) is 0 Å². The Bertz CT molecular complexity index is 844. The van der Waals surface area contributed by atoms with Gasteiger partial charge in [0.25, 0.3) is 5.91 Å². The summed E-state index contributed by atoms with van der Waals surface area (Å²) < 4.78 is 13.1. The number of H-pyrrole nitrogens is 1. The lowest BCUT2D eigenvalue weighted by Gasteiger charge is -2.34. The highest BCUT2D eigenvalue weighted by Gasteiger charge is 2.29. The molecule has 7 heteroatoms. The van der Waals surface area contributed by atoms with Gasteiger partial charge in [0, 0.05) is 25.7 Å². The van der Waals surface area contributed by atoms with Crippen LogP contribution in [0.4, 0.5) is 0 Å². The molecule has 2 unspecified atom stereocenters. The molecular weight excluding hydrogens is 346 g/mol. The van der Waals surface area contributed by atoms with Gasteiger partial charge < -0.3 is 19.4 Å². The smallest absolute Gasteiger partial charge is 0.326 e. The Morgan fingerprint density at radius 3 is 2.81 bits per heavy atom. The summed E-state index contributed by atoms with van der Waals surface area (Å²) in [5.41, 5.74) is 1.71. The number of rotatable bonds is 5. The summed E-state index contributed by atoms with van der Waals surface area (Å²) in [4.78, 5) is 29.8. The van der Waals surface area contributed by atoms with Crippen molar-refractivity contribution in [2.45, 2.75) is 50.9 Å². The summed E-state index contributed by atoms with van der Waals surface area (Å²) in [5, 5.41) is 0. The molecule has 3 heterocycles. The summed E-state index contributed by atoms with van der Waals surface area (Å²) in [5.74, 6) is 0.0257. The molecule has 4 rings (SSSR count). The number of aromatic amines is 1. The minimum Gasteiger partial charge on any atom is -0.376 e. The van der Waals surface area contributed by atoms with Crippen LogP contribution < -0.4 is 5.69 Å². The number of nitrogens with one attached hydrogen (secondary N) is 1. The van der Waals surface area contributed by atoms with Crippen molar-refractivity contribution in [3.8, 4) is 0 Å². The Hall–Kier alpha value is -2.12. The summed E-state index contributed by atoms with van der Waals surface area (Å²) in [6.07, 6.45) is 3.28. The Labute approximate surface area is 158 Å². The van der Waals surface area contributed by atoms with Crippen LogP contribution in [0.1, 0.15) is 38.6 Å². The van der Waals surface area contributed by atoms with E-state index < -0.39 is 6.10 Å². The molecule has 27 heavy (non-hydrogen) atoms. The van der Waals surface area contributed by atoms with Crippen molar-refractivity contribution in [1.29, 1.82) is 0 Å². The number of amides is 1. The van der Waals surface area contributed by atoms with Gasteiger partial charge in [-0.15, -0.1) is 0 Å². The number of nitrogens with zero attached hydrogens (tertiary/aromatic N) is 2. The number of carbonyl (C=O) groups excluding carboxylic acids is 1. The standard InChI is InChI=1S/C20H27N3O4/c1-14(27-13-16-5-4-12-26-16)19(24)22-10-8-15(9-11-22)23-18-7-3-2-6-17(18)21-20(23)25/h2-3,6-7,14-16H,4-5,8-13H2,1H3,(H,21,25). The van der Waals surface area contributed by atoms with Crippen molar-refractivity contribution in [2.24, 2.45) is 0 Å². The van der Waals surface area contributed by atoms with E-state index >= 15 is 0 Å². The van der Waals surface area contributed by atoms with Gasteiger partial charge in [0.15, 0.2) is 0 Å². The fraction of sp³-hybridized carbons (Fsp3) is 0.600. The number of fused-ring (bicyclic) bond motifs is 1. The van der Waals surface area contributed by atoms with Crippen LogP contribution in [0.15, 0.2) is 29.1 Å². The number of hydrogen-bond acceptors (Lipinski definition) is 4. The molecule has 1 amide bonds. The largest absolute Gasteiger partial charge is 0.376 e. The lowest BCUT2D eigenvalue weighted by atomic mass is 10.0. The second-order valence-electron chi connectivity index (χ2n) is 7.48. The molecule has 0 radical (unpaired) electrons. The third-order valence-electron chi connectivity index (χ3n) is 5.67. The van der Waals surface area contributed by atoms with Crippen molar-refractivity contribution in [3.63, 3.8) is 0 Å². The van der Waals surface area contributed by atoms with Gasteiger partial charge in [-0.3, -0.25) is 9.36 Å². The van der Waals surface area contributed by atoms with Crippen LogP contribution in [-0.4, -0.2) is 58.9 Å². The highest BCUT2D eigenvalue weighted by Crippen LogP contribution is 2.25. The minimum absolute atomic E-state index is 0.0257. The maximum atomic E-state index is 12.7. The fourth-order valence-corrected chi connectivity index (χ4v) is 4.14. The van der Waals surface area contributed by atoms with Crippen LogP contribution in [0, 0.1) is 0 Å². The summed E-state index contributed by atoms with van der Waals surface area (Å²) in [7, 11) is 0. The number of imidazole rings is 1. The predicted octanol–water partition coefficient (Wildman–Crippen LogP) is 2.08. The van der Waals surface area contributed by atoms with E-state index in [0.717, 1.165) is 43.3 Å². The molecule has 1 aromatic heterocycles. The van der Waals surface area contributed by atoms with Gasteiger partial charge in [0.05, 0.1) is 23.7 Å². The molecule has 7 nitrogen and oxygen atoms in total. The zero-order valence-corrected chi connectivity index (χ0v) is 15.7. The Balaban J connectivity index is 1.34. The lowest BCUT2D eigenvalue weighted by Crippen LogP contribution is -2.45. The Kier molecular flexibility index (Phi) is 5.31. The molecular formula is C20H27N3O4. The predicted molar refractivity (Wildman–Crippen MR) is 102 cm³/mol. The molecule has 2 fully saturated rings. The van der Waals surface area contributed by atoms with E-state index in [0.29, 0.717) is 19.7 Å². The van der Waals surface area contributed by atoms with Gasteiger partial charge in [-0.2, -0.15) is 0 Å². The second-order valence-corrected chi connectivity index (χ2v) is 7.48. The van der Waals surface area contributed by atoms with E-state index in [2.05, 4.69) is 4.98 Å². The molecule has 0 spiro atoms. The normalized spacial score (nSPS) is 22.4. The van der Waals surface area contributed by atoms with Crippen molar-refractivity contribution in [3.05, 3.63) is 34.7 Å². The van der Waals surface area contributed by atoms with Crippen molar-refractivity contribution >= 4 is 16.9 Å². The Morgan fingerprint density at radius 2 is 2.07 bits per heavy atom. The number of para-hydroxylation sites is 2. The molecule has 2 aliphatic rings. The molecule has 146 valence electrons. The van der Waals surface area contributed by atoms with Crippen LogP contribution in [0.2, 0.25) is 0 Å². The number of benzene rings is 1. The quantitative estimate of drug-likeness (QED) is 0.871. The third-order valence-corrected chi connectivity index (χ3v) is 5.67. The number of likely N-dealkylation sites (tertiary alicyclic amines) is 1. The SMILES string of the molecule is CC(OCC1CCCO1)C(=O)N1CCC(n2c(=O)[nH]c3ccccc32)CC1. The molecule has 1 aromatic carbocycles. The molecule has 0 bridgehead atoms. The second kappa shape index (κ2) is 7.86. The molecule has 2 saturated heterocycles. The number of aromatic nitrogens is 2. The average Bonchev–Trinajstić information content (AvgIpc) is 3.32. The van der Waals surface area contributed by atoms with Gasteiger partial charge in [-0.1, -0.05) is 12.1 Å². The van der Waals surface area contributed by atoms with E-state index in [1.165, 1.54) is 0 Å². The van der Waals surface area contributed by atoms with Gasteiger partial charge in [0.2, 0.25) is 0 Å². The number of hydrogen-bond donors (Lipinski definition) is 1. The lowest BCUT2D eigenvalue weighted by molar-refractivity contribution is -0.145. The van der Waals surface area contributed by atoms with Gasteiger partial charge in [0.1, 0.15) is 6.10 Å². The third kappa shape index (κ3) is 3.80. The summed E-state index contributed by atoms with van der Waals surface area (Å²) in [6, 6.07) is 7.85.